The highest BCUT2D eigenvalue weighted by Crippen LogP contribution is 2.16. The van der Waals surface area contributed by atoms with Crippen LogP contribution >= 0.6 is 0 Å². The Morgan fingerprint density at radius 1 is 1.12 bits per heavy atom. The molecule has 0 radical (unpaired) electrons. The van der Waals surface area contributed by atoms with E-state index in [1.807, 2.05) is 13.8 Å². The highest BCUT2D eigenvalue weighted by molar-refractivity contribution is 5.28. The van der Waals surface area contributed by atoms with Gasteiger partial charge in [-0.2, -0.15) is 0 Å². The molecular weight excluding hydrogens is 220 g/mol. The number of methoxy groups -OCH3 is 2. The Labute approximate surface area is 103 Å². The summed E-state index contributed by atoms with van der Waals surface area (Å²) in [6.07, 6.45) is 5.59. The first-order valence-electron chi connectivity index (χ1n) is 5.51. The number of hydrogen-bond acceptors (Lipinski definition) is 4. The Kier molecular flexibility index (Phi) is 8.40. The molecule has 4 heteroatoms. The smallest absolute Gasteiger partial charge is 0.183 e. The zero-order valence-electron chi connectivity index (χ0n) is 10.9. The summed E-state index contributed by atoms with van der Waals surface area (Å²) < 4.78 is 9.92. The maximum atomic E-state index is 9.87. The molecule has 1 atom stereocenters. The largest absolute Gasteiger partial charge is 0.508 e. The van der Waals surface area contributed by atoms with Crippen LogP contribution in [0, 0.1) is 0 Å². The van der Waals surface area contributed by atoms with Gasteiger partial charge in [-0.25, -0.2) is 0 Å². The van der Waals surface area contributed by atoms with Crippen LogP contribution in [0.5, 0.6) is 0 Å². The van der Waals surface area contributed by atoms with Crippen LogP contribution in [0.15, 0.2) is 35.6 Å². The number of aliphatic hydroxyl groups is 2. The molecule has 0 saturated heterocycles. The van der Waals surface area contributed by atoms with Crippen molar-refractivity contribution in [2.45, 2.75) is 32.7 Å². The van der Waals surface area contributed by atoms with Crippen LogP contribution in [0.2, 0.25) is 0 Å². The molecule has 4 nitrogen and oxygen atoms in total. The second-order valence-corrected chi connectivity index (χ2v) is 3.52. The molecule has 0 aliphatic rings. The van der Waals surface area contributed by atoms with Crippen LogP contribution in [0.4, 0.5) is 0 Å². The fourth-order valence-corrected chi connectivity index (χ4v) is 1.46. The quantitative estimate of drug-likeness (QED) is 0.408. The number of allylic oxidation sites excluding steroid dienone is 4. The topological polar surface area (TPSA) is 58.9 Å². The molecule has 0 aromatic carbocycles. The van der Waals surface area contributed by atoms with Crippen LogP contribution in [0.25, 0.3) is 0 Å². The number of aliphatic hydroxyl groups excluding tert-OH is 2. The minimum absolute atomic E-state index is 0.135. The fraction of sp³-hybridized carbons (Fsp3) is 0.538. The van der Waals surface area contributed by atoms with E-state index in [0.29, 0.717) is 5.57 Å². The molecule has 17 heavy (non-hydrogen) atoms. The van der Waals surface area contributed by atoms with E-state index < -0.39 is 12.4 Å². The summed E-state index contributed by atoms with van der Waals surface area (Å²) in [6.45, 7) is 3.66. The summed E-state index contributed by atoms with van der Waals surface area (Å²) in [5.41, 5.74) is 0.636. The van der Waals surface area contributed by atoms with E-state index >= 15 is 0 Å². The Bertz CT molecular complexity index is 288. The van der Waals surface area contributed by atoms with Crippen molar-refractivity contribution in [3.05, 3.63) is 35.6 Å². The highest BCUT2D eigenvalue weighted by atomic mass is 16.7. The van der Waals surface area contributed by atoms with E-state index in [1.165, 1.54) is 14.2 Å². The van der Waals surface area contributed by atoms with Crippen molar-refractivity contribution in [2.24, 2.45) is 0 Å². The minimum atomic E-state index is -0.830. The summed E-state index contributed by atoms with van der Waals surface area (Å²) in [5, 5.41) is 19.6. The van der Waals surface area contributed by atoms with Gasteiger partial charge in [0.1, 0.15) is 11.9 Å². The molecular formula is C13H22O4. The first-order valence-corrected chi connectivity index (χ1v) is 5.51. The zero-order valence-corrected chi connectivity index (χ0v) is 10.9. The van der Waals surface area contributed by atoms with E-state index in [1.54, 1.807) is 24.3 Å². The molecule has 1 unspecified atom stereocenters. The second-order valence-electron chi connectivity index (χ2n) is 3.52. The zero-order chi connectivity index (χ0) is 13.3. The van der Waals surface area contributed by atoms with Gasteiger partial charge in [0.15, 0.2) is 6.29 Å². The SMILES string of the molecule is C\C=C/C(O)=C(\C=C/C)CC(O)C(OC)OC. The van der Waals surface area contributed by atoms with E-state index in [4.69, 9.17) is 9.47 Å². The van der Waals surface area contributed by atoms with Crippen molar-refractivity contribution in [2.75, 3.05) is 14.2 Å². The predicted octanol–water partition coefficient (Wildman–Crippen LogP) is 2.32. The Hall–Kier alpha value is -1.10. The number of ether oxygens (including phenoxy) is 2. The summed E-state index contributed by atoms with van der Waals surface area (Å²) in [5.74, 6) is 0.135. The standard InChI is InChI=1S/C13H22O4/c1-5-7-10(11(14)8-6-2)9-12(15)13(16-3)17-4/h5-8,12-15H,9H2,1-4H3/b7-5-,8-6-,11-10-. The van der Waals surface area contributed by atoms with Crippen LogP contribution in [-0.2, 0) is 9.47 Å². The molecule has 0 heterocycles. The molecule has 0 aliphatic carbocycles. The van der Waals surface area contributed by atoms with Crippen molar-refractivity contribution < 1.29 is 19.7 Å². The van der Waals surface area contributed by atoms with Gasteiger partial charge in [-0.15, -0.1) is 0 Å². The van der Waals surface area contributed by atoms with Gasteiger partial charge in [-0.3, -0.25) is 0 Å². The molecule has 0 bridgehead atoms. The summed E-state index contributed by atoms with van der Waals surface area (Å²) in [7, 11) is 2.92. The summed E-state index contributed by atoms with van der Waals surface area (Å²) in [4.78, 5) is 0. The predicted molar refractivity (Wildman–Crippen MR) is 67.7 cm³/mol. The van der Waals surface area contributed by atoms with E-state index in [-0.39, 0.29) is 12.2 Å². The molecule has 0 fully saturated rings. The van der Waals surface area contributed by atoms with E-state index in [2.05, 4.69) is 0 Å². The summed E-state index contributed by atoms with van der Waals surface area (Å²) in [6, 6.07) is 0. The normalized spacial score (nSPS) is 15.9. The molecule has 2 N–H and O–H groups in total. The first kappa shape index (κ1) is 15.9. The maximum absolute atomic E-state index is 9.87. The molecule has 0 aliphatic heterocycles. The van der Waals surface area contributed by atoms with Crippen molar-refractivity contribution in [3.8, 4) is 0 Å². The Morgan fingerprint density at radius 3 is 2.06 bits per heavy atom. The lowest BCUT2D eigenvalue weighted by molar-refractivity contribution is -0.163. The second kappa shape index (κ2) is 8.98. The fourth-order valence-electron chi connectivity index (χ4n) is 1.46. The monoisotopic (exact) mass is 242 g/mol. The average molecular weight is 242 g/mol. The third kappa shape index (κ3) is 5.68. The number of rotatable bonds is 7. The van der Waals surface area contributed by atoms with Gasteiger partial charge < -0.3 is 19.7 Å². The lowest BCUT2D eigenvalue weighted by Crippen LogP contribution is -2.30. The van der Waals surface area contributed by atoms with E-state index in [9.17, 15) is 10.2 Å². The molecule has 0 rings (SSSR count). The van der Waals surface area contributed by atoms with Crippen LogP contribution in [-0.4, -0.2) is 36.8 Å². The third-order valence-corrected chi connectivity index (χ3v) is 2.23. The summed E-state index contributed by atoms with van der Waals surface area (Å²) >= 11 is 0. The van der Waals surface area contributed by atoms with Gasteiger partial charge in [0.05, 0.1) is 0 Å². The minimum Gasteiger partial charge on any atom is -0.508 e. The lowest BCUT2D eigenvalue weighted by atomic mass is 10.1. The Morgan fingerprint density at radius 2 is 1.65 bits per heavy atom. The molecule has 0 amide bonds. The van der Waals surface area contributed by atoms with Gasteiger partial charge in [-0.05, 0) is 25.5 Å². The van der Waals surface area contributed by atoms with Crippen LogP contribution in [0.1, 0.15) is 20.3 Å². The third-order valence-electron chi connectivity index (χ3n) is 2.23. The van der Waals surface area contributed by atoms with Crippen molar-refractivity contribution >= 4 is 0 Å². The average Bonchev–Trinajstić information content (AvgIpc) is 2.30. The van der Waals surface area contributed by atoms with Crippen molar-refractivity contribution in [1.29, 1.82) is 0 Å². The van der Waals surface area contributed by atoms with Gasteiger partial charge >= 0.3 is 0 Å². The molecule has 0 spiro atoms. The molecule has 0 aromatic rings. The number of hydrogen-bond donors (Lipinski definition) is 2. The van der Waals surface area contributed by atoms with Crippen LogP contribution in [0.3, 0.4) is 0 Å². The molecule has 0 aromatic heterocycles. The Balaban J connectivity index is 4.83. The molecule has 98 valence electrons. The van der Waals surface area contributed by atoms with E-state index in [0.717, 1.165) is 0 Å². The van der Waals surface area contributed by atoms with Crippen molar-refractivity contribution in [1.82, 2.24) is 0 Å². The van der Waals surface area contributed by atoms with Gasteiger partial charge in [0.2, 0.25) is 0 Å². The van der Waals surface area contributed by atoms with Gasteiger partial charge in [0, 0.05) is 20.6 Å². The first-order chi connectivity index (χ1) is 8.10. The van der Waals surface area contributed by atoms with Gasteiger partial charge in [0.25, 0.3) is 0 Å². The maximum Gasteiger partial charge on any atom is 0.183 e. The highest BCUT2D eigenvalue weighted by Gasteiger charge is 2.19. The lowest BCUT2D eigenvalue weighted by Gasteiger charge is -2.20. The van der Waals surface area contributed by atoms with Gasteiger partial charge in [-0.1, -0.05) is 18.2 Å². The van der Waals surface area contributed by atoms with Crippen molar-refractivity contribution in [3.63, 3.8) is 0 Å². The van der Waals surface area contributed by atoms with Crippen LogP contribution < -0.4 is 0 Å². The molecule has 0 saturated carbocycles.